The van der Waals surface area contributed by atoms with Crippen molar-refractivity contribution >= 4 is 40.6 Å². The van der Waals surface area contributed by atoms with Gasteiger partial charge < -0.3 is 15.5 Å². The topological polar surface area (TPSA) is 74.3 Å². The number of rotatable bonds is 5. The number of alkyl halides is 3. The molecule has 2 aromatic rings. The molecule has 6 nitrogen and oxygen atoms in total. The summed E-state index contributed by atoms with van der Waals surface area (Å²) in [6.07, 6.45) is -0.873. The second kappa shape index (κ2) is 8.97. The number of amides is 2. The first-order valence-electron chi connectivity index (χ1n) is 10.4. The number of carbonyl (C=O) groups is 2. The van der Waals surface area contributed by atoms with E-state index in [-0.39, 0.29) is 34.5 Å². The molecule has 2 aliphatic rings. The summed E-state index contributed by atoms with van der Waals surface area (Å²) >= 11 is 6.04. The zero-order chi connectivity index (χ0) is 22.9. The van der Waals surface area contributed by atoms with Gasteiger partial charge in [-0.05, 0) is 49.9 Å². The number of piperidine rings is 1. The molecule has 2 heterocycles. The van der Waals surface area contributed by atoms with Crippen molar-refractivity contribution in [3.05, 3.63) is 47.1 Å². The van der Waals surface area contributed by atoms with Gasteiger partial charge in [0.05, 0.1) is 10.6 Å². The molecule has 0 atom stereocenters. The van der Waals surface area contributed by atoms with Crippen molar-refractivity contribution in [2.75, 3.05) is 28.6 Å². The number of aromatic nitrogens is 1. The lowest BCUT2D eigenvalue weighted by atomic mass is 9.95. The Morgan fingerprint density at radius 3 is 2.03 bits per heavy atom. The van der Waals surface area contributed by atoms with Crippen LogP contribution >= 0.6 is 11.6 Å². The fourth-order valence-electron chi connectivity index (χ4n) is 3.68. The predicted octanol–water partition coefficient (Wildman–Crippen LogP) is 4.96. The Morgan fingerprint density at radius 2 is 1.53 bits per heavy atom. The Bertz CT molecular complexity index is 1020. The van der Waals surface area contributed by atoms with Crippen LogP contribution in [-0.2, 0) is 15.8 Å². The number of anilines is 3. The standard InChI is InChI=1S/C22H22ClF3N4O2/c23-18-10-15(22(24,25)26)12-27-19(18)30-8-6-14(7-9-30)21(32)29-17-3-1-2-16(11-17)28-20(31)13-4-5-13/h1-3,10-14H,4-9H2,(H,28,31)(H,29,32). The fourth-order valence-corrected chi connectivity index (χ4v) is 3.97. The van der Waals surface area contributed by atoms with Crippen LogP contribution in [0.4, 0.5) is 30.4 Å². The lowest BCUT2D eigenvalue weighted by molar-refractivity contribution is -0.137. The van der Waals surface area contributed by atoms with Gasteiger partial charge in [0.15, 0.2) is 0 Å². The van der Waals surface area contributed by atoms with Crippen molar-refractivity contribution in [2.24, 2.45) is 11.8 Å². The van der Waals surface area contributed by atoms with Crippen LogP contribution in [-0.4, -0.2) is 29.9 Å². The molecule has 170 valence electrons. The third-order valence-electron chi connectivity index (χ3n) is 5.66. The average Bonchev–Trinajstić information content (AvgIpc) is 3.59. The minimum Gasteiger partial charge on any atom is -0.355 e. The SMILES string of the molecule is O=C(Nc1cccc(NC(=O)C2CCN(c3ncc(C(F)(F)F)cc3Cl)CC2)c1)C1CC1. The zero-order valence-corrected chi connectivity index (χ0v) is 17.8. The smallest absolute Gasteiger partial charge is 0.355 e. The van der Waals surface area contributed by atoms with Crippen LogP contribution in [0.2, 0.25) is 5.02 Å². The highest BCUT2D eigenvalue weighted by Gasteiger charge is 2.33. The molecule has 0 radical (unpaired) electrons. The quantitative estimate of drug-likeness (QED) is 0.653. The summed E-state index contributed by atoms with van der Waals surface area (Å²) in [4.78, 5) is 30.3. The van der Waals surface area contributed by atoms with E-state index >= 15 is 0 Å². The third-order valence-corrected chi connectivity index (χ3v) is 5.94. The Labute approximate surface area is 188 Å². The van der Waals surface area contributed by atoms with E-state index in [1.54, 1.807) is 29.2 Å². The summed E-state index contributed by atoms with van der Waals surface area (Å²) in [6.45, 7) is 0.904. The van der Waals surface area contributed by atoms with Crippen LogP contribution in [0.25, 0.3) is 0 Å². The van der Waals surface area contributed by atoms with E-state index < -0.39 is 11.7 Å². The molecule has 1 saturated carbocycles. The first-order chi connectivity index (χ1) is 15.2. The van der Waals surface area contributed by atoms with Crippen molar-refractivity contribution in [3.8, 4) is 0 Å². The van der Waals surface area contributed by atoms with Gasteiger partial charge in [0, 0.05) is 42.5 Å². The van der Waals surface area contributed by atoms with Crippen molar-refractivity contribution in [1.29, 1.82) is 0 Å². The molecular formula is C22H22ClF3N4O2. The van der Waals surface area contributed by atoms with Crippen molar-refractivity contribution in [2.45, 2.75) is 31.9 Å². The molecule has 4 rings (SSSR count). The highest BCUT2D eigenvalue weighted by molar-refractivity contribution is 6.33. The van der Waals surface area contributed by atoms with Gasteiger partial charge in [-0.3, -0.25) is 9.59 Å². The minimum atomic E-state index is -4.50. The van der Waals surface area contributed by atoms with Gasteiger partial charge in [-0.1, -0.05) is 17.7 Å². The Hall–Kier alpha value is -2.81. The van der Waals surface area contributed by atoms with E-state index in [2.05, 4.69) is 15.6 Å². The summed E-state index contributed by atoms with van der Waals surface area (Å²) < 4.78 is 38.4. The van der Waals surface area contributed by atoms with Crippen LogP contribution < -0.4 is 15.5 Å². The number of benzene rings is 1. The van der Waals surface area contributed by atoms with Gasteiger partial charge in [0.2, 0.25) is 11.8 Å². The molecule has 1 aromatic heterocycles. The molecule has 1 aliphatic heterocycles. The first kappa shape index (κ1) is 22.4. The zero-order valence-electron chi connectivity index (χ0n) is 17.1. The molecule has 2 amide bonds. The monoisotopic (exact) mass is 466 g/mol. The van der Waals surface area contributed by atoms with Crippen LogP contribution in [0, 0.1) is 11.8 Å². The van der Waals surface area contributed by atoms with E-state index in [0.717, 1.165) is 25.1 Å². The second-order valence-corrected chi connectivity index (χ2v) is 8.53. The lowest BCUT2D eigenvalue weighted by Crippen LogP contribution is -2.38. The van der Waals surface area contributed by atoms with E-state index in [4.69, 9.17) is 11.6 Å². The average molecular weight is 467 g/mol. The van der Waals surface area contributed by atoms with Gasteiger partial charge in [0.1, 0.15) is 5.82 Å². The lowest BCUT2D eigenvalue weighted by Gasteiger charge is -2.32. The molecule has 0 spiro atoms. The number of hydrogen-bond donors (Lipinski definition) is 2. The van der Waals surface area contributed by atoms with Gasteiger partial charge in [0.25, 0.3) is 0 Å². The third kappa shape index (κ3) is 5.32. The molecule has 1 aliphatic carbocycles. The van der Waals surface area contributed by atoms with Gasteiger partial charge in [-0.25, -0.2) is 4.98 Å². The van der Waals surface area contributed by atoms with Gasteiger partial charge in [-0.15, -0.1) is 0 Å². The normalized spacial score (nSPS) is 17.2. The molecule has 0 unspecified atom stereocenters. The predicted molar refractivity (Wildman–Crippen MR) is 116 cm³/mol. The van der Waals surface area contributed by atoms with E-state index in [1.807, 2.05) is 0 Å². The van der Waals surface area contributed by atoms with Crippen LogP contribution in [0.15, 0.2) is 36.5 Å². The van der Waals surface area contributed by atoms with E-state index in [1.165, 1.54) is 0 Å². The van der Waals surface area contributed by atoms with E-state index in [0.29, 0.717) is 37.3 Å². The molecule has 0 bridgehead atoms. The van der Waals surface area contributed by atoms with Crippen molar-refractivity contribution < 1.29 is 22.8 Å². The Kier molecular flexibility index (Phi) is 6.28. The second-order valence-electron chi connectivity index (χ2n) is 8.12. The summed E-state index contributed by atoms with van der Waals surface area (Å²) in [5.74, 6) is -0.00825. The first-order valence-corrected chi connectivity index (χ1v) is 10.8. The maximum atomic E-state index is 12.8. The summed E-state index contributed by atoms with van der Waals surface area (Å²) in [5.41, 5.74) is 0.340. The van der Waals surface area contributed by atoms with E-state index in [9.17, 15) is 22.8 Å². The van der Waals surface area contributed by atoms with Gasteiger partial charge in [-0.2, -0.15) is 13.2 Å². The Morgan fingerprint density at radius 1 is 0.969 bits per heavy atom. The fraction of sp³-hybridized carbons (Fsp3) is 0.409. The highest BCUT2D eigenvalue weighted by Crippen LogP contribution is 2.35. The molecule has 1 aromatic carbocycles. The van der Waals surface area contributed by atoms with Crippen molar-refractivity contribution in [1.82, 2.24) is 4.98 Å². The largest absolute Gasteiger partial charge is 0.417 e. The molecular weight excluding hydrogens is 445 g/mol. The maximum absolute atomic E-state index is 12.8. The minimum absolute atomic E-state index is 0.00335. The molecule has 32 heavy (non-hydrogen) atoms. The number of nitrogens with one attached hydrogen (secondary N) is 2. The van der Waals surface area contributed by atoms with Crippen LogP contribution in [0.3, 0.4) is 0 Å². The van der Waals surface area contributed by atoms with Gasteiger partial charge >= 0.3 is 6.18 Å². The Balaban J connectivity index is 1.32. The number of pyridine rings is 1. The molecule has 10 heteroatoms. The number of carbonyl (C=O) groups excluding carboxylic acids is 2. The van der Waals surface area contributed by atoms with Crippen LogP contribution in [0.1, 0.15) is 31.2 Å². The maximum Gasteiger partial charge on any atom is 0.417 e. The van der Waals surface area contributed by atoms with Crippen LogP contribution in [0.5, 0.6) is 0 Å². The number of halogens is 4. The summed E-state index contributed by atoms with van der Waals surface area (Å²) in [7, 11) is 0. The molecule has 2 fully saturated rings. The molecule has 1 saturated heterocycles. The highest BCUT2D eigenvalue weighted by atomic mass is 35.5. The number of hydrogen-bond acceptors (Lipinski definition) is 4. The molecule has 2 N–H and O–H groups in total. The summed E-state index contributed by atoms with van der Waals surface area (Å²) in [5, 5.41) is 5.68. The number of nitrogens with zero attached hydrogens (tertiary/aromatic N) is 2. The van der Waals surface area contributed by atoms with Crippen molar-refractivity contribution in [3.63, 3.8) is 0 Å². The summed E-state index contributed by atoms with van der Waals surface area (Å²) in [6, 6.07) is 7.89.